The molecule has 2 aromatic rings. The molecule has 148 valence electrons. The number of nitrogens with one attached hydrogen (secondary N) is 1. The lowest BCUT2D eigenvalue weighted by Crippen LogP contribution is -3.18. The highest BCUT2D eigenvalue weighted by Gasteiger charge is 2.33. The number of rotatable bonds is 4. The molecule has 0 atom stereocenters. The van der Waals surface area contributed by atoms with Gasteiger partial charge in [-0.25, -0.2) is 0 Å². The number of hydrogen-bond donors (Lipinski definition) is 1. The molecule has 1 saturated carbocycles. The molecule has 1 heterocycles. The number of amides is 1. The summed E-state index contributed by atoms with van der Waals surface area (Å²) >= 11 is 0. The van der Waals surface area contributed by atoms with Crippen LogP contribution in [0.3, 0.4) is 0 Å². The molecule has 0 aromatic heterocycles. The van der Waals surface area contributed by atoms with Gasteiger partial charge in [0.15, 0.2) is 0 Å². The minimum atomic E-state index is -0.193. The molecule has 0 unspecified atom stereocenters. The highest BCUT2D eigenvalue weighted by Crippen LogP contribution is 2.27. The fourth-order valence-electron chi connectivity index (χ4n) is 5.06. The second-order valence-electron chi connectivity index (χ2n) is 8.43. The topological polar surface area (TPSA) is 24.8 Å². The molecule has 3 heteroatoms. The zero-order chi connectivity index (χ0) is 19.2. The lowest BCUT2D eigenvalue weighted by molar-refractivity contribution is -0.929. The van der Waals surface area contributed by atoms with Gasteiger partial charge in [0.05, 0.1) is 38.1 Å². The van der Waals surface area contributed by atoms with Crippen LogP contribution in [0, 0.1) is 0 Å². The number of quaternary nitrogens is 1. The third kappa shape index (κ3) is 4.47. The van der Waals surface area contributed by atoms with Crippen molar-refractivity contribution in [2.45, 2.75) is 50.5 Å². The van der Waals surface area contributed by atoms with E-state index in [0.29, 0.717) is 0 Å². The van der Waals surface area contributed by atoms with Crippen molar-refractivity contribution >= 4 is 5.91 Å². The fraction of sp³-hybridized carbons (Fsp3) is 0.480. The molecule has 0 radical (unpaired) electrons. The van der Waals surface area contributed by atoms with E-state index in [4.69, 9.17) is 0 Å². The van der Waals surface area contributed by atoms with Gasteiger partial charge in [0.2, 0.25) is 5.91 Å². The molecule has 1 N–H and O–H groups in total. The lowest BCUT2D eigenvalue weighted by Gasteiger charge is -2.37. The molecular formula is C25H33N2O+. The Hall–Kier alpha value is -2.13. The third-order valence-corrected chi connectivity index (χ3v) is 6.66. The van der Waals surface area contributed by atoms with Crippen molar-refractivity contribution in [3.8, 4) is 0 Å². The molecule has 4 rings (SSSR count). The number of nitrogens with zero attached hydrogens (tertiary/aromatic N) is 1. The summed E-state index contributed by atoms with van der Waals surface area (Å²) < 4.78 is 0. The fourth-order valence-corrected chi connectivity index (χ4v) is 5.06. The van der Waals surface area contributed by atoms with Crippen molar-refractivity contribution in [1.82, 2.24) is 4.90 Å². The standard InChI is InChI=1S/C25H32N2O/c28-25(24(21-11-5-3-6-12-21)22-13-7-4-8-14-22)27-19-17-26(18-20-27)23-15-9-1-2-10-16-23/h3-8,11-14,23-24H,1-2,9-10,15-20H2/p+1. The summed E-state index contributed by atoms with van der Waals surface area (Å²) in [4.78, 5) is 17.4. The van der Waals surface area contributed by atoms with Crippen molar-refractivity contribution in [2.24, 2.45) is 0 Å². The Morgan fingerprint density at radius 3 is 1.79 bits per heavy atom. The predicted molar refractivity (Wildman–Crippen MR) is 113 cm³/mol. The molecular weight excluding hydrogens is 344 g/mol. The van der Waals surface area contributed by atoms with Crippen LogP contribution in [0.2, 0.25) is 0 Å². The highest BCUT2D eigenvalue weighted by atomic mass is 16.2. The zero-order valence-corrected chi connectivity index (χ0v) is 16.9. The maximum Gasteiger partial charge on any atom is 0.234 e. The third-order valence-electron chi connectivity index (χ3n) is 6.66. The Morgan fingerprint density at radius 1 is 0.786 bits per heavy atom. The van der Waals surface area contributed by atoms with E-state index in [-0.39, 0.29) is 11.8 Å². The number of carbonyl (C=O) groups is 1. The van der Waals surface area contributed by atoms with Gasteiger partial charge < -0.3 is 9.80 Å². The van der Waals surface area contributed by atoms with Crippen LogP contribution in [0.5, 0.6) is 0 Å². The Morgan fingerprint density at radius 2 is 1.29 bits per heavy atom. The van der Waals surface area contributed by atoms with Crippen LogP contribution < -0.4 is 4.90 Å². The van der Waals surface area contributed by atoms with E-state index in [1.807, 2.05) is 36.4 Å². The van der Waals surface area contributed by atoms with Crippen molar-refractivity contribution in [1.29, 1.82) is 0 Å². The average Bonchev–Trinajstić information content (AvgIpc) is 3.05. The molecule has 1 aliphatic carbocycles. The Balaban J connectivity index is 1.46. The molecule has 3 nitrogen and oxygen atoms in total. The van der Waals surface area contributed by atoms with Gasteiger partial charge in [0, 0.05) is 0 Å². The first-order chi connectivity index (χ1) is 13.8. The number of hydrogen-bond acceptors (Lipinski definition) is 1. The zero-order valence-electron chi connectivity index (χ0n) is 16.9. The minimum absolute atomic E-state index is 0.193. The maximum atomic E-state index is 13.6. The minimum Gasteiger partial charge on any atom is -0.331 e. The van der Waals surface area contributed by atoms with E-state index in [9.17, 15) is 4.79 Å². The van der Waals surface area contributed by atoms with Crippen LogP contribution in [-0.4, -0.2) is 43.0 Å². The molecule has 1 amide bonds. The lowest BCUT2D eigenvalue weighted by atomic mass is 9.90. The molecule has 2 aromatic carbocycles. The van der Waals surface area contributed by atoms with E-state index < -0.39 is 0 Å². The van der Waals surface area contributed by atoms with E-state index in [1.165, 1.54) is 38.5 Å². The van der Waals surface area contributed by atoms with E-state index >= 15 is 0 Å². The number of piperazine rings is 1. The molecule has 1 saturated heterocycles. The highest BCUT2D eigenvalue weighted by molar-refractivity contribution is 5.87. The summed E-state index contributed by atoms with van der Waals surface area (Å²) in [5.74, 6) is 0.0687. The van der Waals surface area contributed by atoms with Gasteiger partial charge in [0.1, 0.15) is 0 Å². The summed E-state index contributed by atoms with van der Waals surface area (Å²) in [7, 11) is 0. The van der Waals surface area contributed by atoms with E-state index in [1.54, 1.807) is 4.90 Å². The van der Waals surface area contributed by atoms with E-state index in [2.05, 4.69) is 29.2 Å². The van der Waals surface area contributed by atoms with Crippen molar-refractivity contribution < 1.29 is 9.69 Å². The first-order valence-corrected chi connectivity index (χ1v) is 11.1. The average molecular weight is 378 g/mol. The summed E-state index contributed by atoms with van der Waals surface area (Å²) in [6.07, 6.45) is 8.34. The Bertz CT molecular complexity index is 690. The van der Waals surface area contributed by atoms with Crippen LogP contribution in [-0.2, 0) is 4.79 Å². The van der Waals surface area contributed by atoms with Crippen LogP contribution in [0.1, 0.15) is 55.6 Å². The van der Waals surface area contributed by atoms with Crippen molar-refractivity contribution in [2.75, 3.05) is 26.2 Å². The summed E-state index contributed by atoms with van der Waals surface area (Å²) in [5, 5.41) is 0. The second-order valence-corrected chi connectivity index (χ2v) is 8.43. The van der Waals surface area contributed by atoms with E-state index in [0.717, 1.165) is 43.3 Å². The maximum absolute atomic E-state index is 13.6. The van der Waals surface area contributed by atoms with Crippen molar-refractivity contribution in [3.05, 3.63) is 71.8 Å². The van der Waals surface area contributed by atoms with Gasteiger partial charge in [-0.2, -0.15) is 0 Å². The molecule has 28 heavy (non-hydrogen) atoms. The van der Waals surface area contributed by atoms with Crippen LogP contribution >= 0.6 is 0 Å². The monoisotopic (exact) mass is 377 g/mol. The van der Waals surface area contributed by atoms with Gasteiger partial charge in [-0.05, 0) is 36.8 Å². The predicted octanol–water partition coefficient (Wildman–Crippen LogP) is 3.27. The Kier molecular flexibility index (Phi) is 6.43. The van der Waals surface area contributed by atoms with Crippen LogP contribution in [0.15, 0.2) is 60.7 Å². The molecule has 0 spiro atoms. The smallest absolute Gasteiger partial charge is 0.234 e. The number of carbonyl (C=O) groups excluding carboxylic acids is 1. The summed E-state index contributed by atoms with van der Waals surface area (Å²) in [6.45, 7) is 3.99. The number of benzene rings is 2. The first-order valence-electron chi connectivity index (χ1n) is 11.1. The Labute approximate surface area is 169 Å². The van der Waals surface area contributed by atoms with Gasteiger partial charge in [-0.15, -0.1) is 0 Å². The van der Waals surface area contributed by atoms with Gasteiger partial charge >= 0.3 is 0 Å². The van der Waals surface area contributed by atoms with Gasteiger partial charge in [-0.1, -0.05) is 73.5 Å². The second kappa shape index (κ2) is 9.38. The molecule has 2 fully saturated rings. The van der Waals surface area contributed by atoms with Crippen molar-refractivity contribution in [3.63, 3.8) is 0 Å². The van der Waals surface area contributed by atoms with Crippen LogP contribution in [0.25, 0.3) is 0 Å². The van der Waals surface area contributed by atoms with Gasteiger partial charge in [0.25, 0.3) is 0 Å². The largest absolute Gasteiger partial charge is 0.331 e. The quantitative estimate of drug-likeness (QED) is 0.813. The molecule has 1 aliphatic heterocycles. The first kappa shape index (κ1) is 19.2. The van der Waals surface area contributed by atoms with Gasteiger partial charge in [-0.3, -0.25) is 4.79 Å². The summed E-state index contributed by atoms with van der Waals surface area (Å²) in [6, 6.07) is 21.3. The SMILES string of the molecule is O=C(C(c1ccccc1)c1ccccc1)N1CC[NH+](C2CCCCCC2)CC1. The molecule has 0 bridgehead atoms. The van der Waals surface area contributed by atoms with Crippen LogP contribution in [0.4, 0.5) is 0 Å². The summed E-state index contributed by atoms with van der Waals surface area (Å²) in [5.41, 5.74) is 2.19. The normalized spacial score (nSPS) is 19.5. The molecule has 2 aliphatic rings.